The standard InChI is InChI=1S/C26H24F3N3O2S/c1-25(2,3)18-11-7-16(8-12-18)23(34)32-24(35)31-20-13-9-17(10-14-20)22(33)30-21-6-4-5-19(15-21)26(27,28)29/h4-15H,1-3H3,(H,30,33)(H2,31,32,34,35). The molecule has 0 radical (unpaired) electrons. The normalized spacial score (nSPS) is 11.5. The van der Waals surface area contributed by atoms with E-state index in [2.05, 4.69) is 36.7 Å². The number of amides is 2. The maximum Gasteiger partial charge on any atom is 0.416 e. The molecule has 2 amide bonds. The average Bonchev–Trinajstić information content (AvgIpc) is 2.78. The first-order chi connectivity index (χ1) is 16.3. The van der Waals surface area contributed by atoms with E-state index in [0.29, 0.717) is 11.3 Å². The molecule has 0 atom stereocenters. The summed E-state index contributed by atoms with van der Waals surface area (Å²) in [5.74, 6) is -0.925. The average molecular weight is 500 g/mol. The van der Waals surface area contributed by atoms with Crippen LogP contribution in [0.5, 0.6) is 0 Å². The second-order valence-electron chi connectivity index (χ2n) is 8.85. The highest BCUT2D eigenvalue weighted by atomic mass is 32.1. The summed E-state index contributed by atoms with van der Waals surface area (Å²) in [6, 6.07) is 17.8. The smallest absolute Gasteiger partial charge is 0.332 e. The van der Waals surface area contributed by atoms with Gasteiger partial charge in [-0.1, -0.05) is 39.0 Å². The van der Waals surface area contributed by atoms with Crippen LogP contribution < -0.4 is 16.0 Å². The number of rotatable bonds is 4. The summed E-state index contributed by atoms with van der Waals surface area (Å²) in [6.45, 7) is 6.25. The van der Waals surface area contributed by atoms with E-state index in [-0.39, 0.29) is 27.7 Å². The molecule has 0 saturated carbocycles. The van der Waals surface area contributed by atoms with Crippen molar-refractivity contribution in [3.05, 3.63) is 95.1 Å². The molecular formula is C26H24F3N3O2S. The quantitative estimate of drug-likeness (QED) is 0.364. The van der Waals surface area contributed by atoms with Gasteiger partial charge in [-0.05, 0) is 77.8 Å². The Labute approximate surface area is 206 Å². The van der Waals surface area contributed by atoms with E-state index in [1.807, 2.05) is 12.1 Å². The Balaban J connectivity index is 1.57. The van der Waals surface area contributed by atoms with Crippen LogP contribution in [-0.2, 0) is 11.6 Å². The van der Waals surface area contributed by atoms with Gasteiger partial charge in [-0.3, -0.25) is 14.9 Å². The van der Waals surface area contributed by atoms with Gasteiger partial charge in [0.25, 0.3) is 11.8 Å². The number of carbonyl (C=O) groups excluding carboxylic acids is 2. The molecule has 0 aliphatic rings. The van der Waals surface area contributed by atoms with Crippen molar-refractivity contribution >= 4 is 40.5 Å². The van der Waals surface area contributed by atoms with Crippen LogP contribution >= 0.6 is 12.2 Å². The highest BCUT2D eigenvalue weighted by Gasteiger charge is 2.30. The lowest BCUT2D eigenvalue weighted by Gasteiger charge is -2.19. The van der Waals surface area contributed by atoms with Gasteiger partial charge < -0.3 is 10.6 Å². The van der Waals surface area contributed by atoms with E-state index in [4.69, 9.17) is 12.2 Å². The summed E-state index contributed by atoms with van der Waals surface area (Å²) in [4.78, 5) is 24.8. The lowest BCUT2D eigenvalue weighted by atomic mass is 9.87. The van der Waals surface area contributed by atoms with E-state index in [0.717, 1.165) is 17.7 Å². The second kappa shape index (κ2) is 10.3. The molecule has 35 heavy (non-hydrogen) atoms. The third-order valence-corrected chi connectivity index (χ3v) is 5.30. The van der Waals surface area contributed by atoms with Gasteiger partial charge in [-0.15, -0.1) is 0 Å². The first-order valence-electron chi connectivity index (χ1n) is 10.6. The monoisotopic (exact) mass is 499 g/mol. The Kier molecular flexibility index (Phi) is 7.60. The third-order valence-electron chi connectivity index (χ3n) is 5.09. The van der Waals surface area contributed by atoms with Crippen LogP contribution in [0.15, 0.2) is 72.8 Å². The summed E-state index contributed by atoms with van der Waals surface area (Å²) in [5, 5.41) is 7.99. The van der Waals surface area contributed by atoms with E-state index in [1.54, 1.807) is 24.3 Å². The zero-order valence-corrected chi connectivity index (χ0v) is 20.1. The maximum atomic E-state index is 12.9. The molecule has 0 unspecified atom stereocenters. The number of hydrogen-bond acceptors (Lipinski definition) is 3. The summed E-state index contributed by atoms with van der Waals surface area (Å²) in [7, 11) is 0. The van der Waals surface area contributed by atoms with Gasteiger partial charge in [0.05, 0.1) is 5.56 Å². The Morgan fingerprint density at radius 2 is 1.29 bits per heavy atom. The zero-order chi connectivity index (χ0) is 25.8. The Morgan fingerprint density at radius 1 is 0.714 bits per heavy atom. The molecule has 0 aliphatic heterocycles. The molecule has 3 rings (SSSR count). The first kappa shape index (κ1) is 25.9. The number of anilines is 2. The van der Waals surface area contributed by atoms with Gasteiger partial charge in [0.2, 0.25) is 0 Å². The third kappa shape index (κ3) is 7.13. The molecule has 3 aromatic carbocycles. The van der Waals surface area contributed by atoms with E-state index in [9.17, 15) is 22.8 Å². The molecule has 3 N–H and O–H groups in total. The van der Waals surface area contributed by atoms with Gasteiger partial charge in [-0.25, -0.2) is 0 Å². The molecule has 0 spiro atoms. The lowest BCUT2D eigenvalue weighted by Crippen LogP contribution is -2.34. The van der Waals surface area contributed by atoms with E-state index >= 15 is 0 Å². The number of thiocarbonyl (C=S) groups is 1. The van der Waals surface area contributed by atoms with Gasteiger partial charge >= 0.3 is 6.18 Å². The van der Waals surface area contributed by atoms with Crippen molar-refractivity contribution < 1.29 is 22.8 Å². The summed E-state index contributed by atoms with van der Waals surface area (Å²) >= 11 is 5.20. The van der Waals surface area contributed by atoms with Crippen LogP contribution in [0.4, 0.5) is 24.5 Å². The van der Waals surface area contributed by atoms with Crippen LogP contribution in [-0.4, -0.2) is 16.9 Å². The lowest BCUT2D eigenvalue weighted by molar-refractivity contribution is -0.137. The van der Waals surface area contributed by atoms with E-state index in [1.165, 1.54) is 24.3 Å². The number of benzene rings is 3. The molecule has 0 heterocycles. The fourth-order valence-electron chi connectivity index (χ4n) is 3.14. The molecule has 182 valence electrons. The van der Waals surface area contributed by atoms with Crippen LogP contribution in [0.2, 0.25) is 0 Å². The van der Waals surface area contributed by atoms with Gasteiger partial charge in [-0.2, -0.15) is 13.2 Å². The van der Waals surface area contributed by atoms with Gasteiger partial charge in [0.1, 0.15) is 0 Å². The van der Waals surface area contributed by atoms with Crippen molar-refractivity contribution in [2.75, 3.05) is 10.6 Å². The number of nitrogens with one attached hydrogen (secondary N) is 3. The number of carbonyl (C=O) groups is 2. The highest BCUT2D eigenvalue weighted by molar-refractivity contribution is 7.80. The molecular weight excluding hydrogens is 475 g/mol. The van der Waals surface area contributed by atoms with Crippen molar-refractivity contribution in [1.29, 1.82) is 0 Å². The Morgan fingerprint density at radius 3 is 1.86 bits per heavy atom. The van der Waals surface area contributed by atoms with Crippen molar-refractivity contribution in [1.82, 2.24) is 5.32 Å². The van der Waals surface area contributed by atoms with Crippen molar-refractivity contribution in [2.45, 2.75) is 32.4 Å². The van der Waals surface area contributed by atoms with Crippen LogP contribution in [0.3, 0.4) is 0 Å². The van der Waals surface area contributed by atoms with Crippen LogP contribution in [0.25, 0.3) is 0 Å². The molecule has 0 aromatic heterocycles. The Hall–Kier alpha value is -3.72. The minimum Gasteiger partial charge on any atom is -0.332 e. The first-order valence-corrected chi connectivity index (χ1v) is 11.1. The topological polar surface area (TPSA) is 70.2 Å². The SMILES string of the molecule is CC(C)(C)c1ccc(C(=O)NC(=S)Nc2ccc(C(=O)Nc3cccc(C(F)(F)F)c3)cc2)cc1. The van der Waals surface area contributed by atoms with Gasteiger partial charge in [0, 0.05) is 22.5 Å². The molecule has 0 bridgehead atoms. The maximum absolute atomic E-state index is 12.9. The van der Waals surface area contributed by atoms with Crippen LogP contribution in [0.1, 0.15) is 52.6 Å². The number of alkyl halides is 3. The summed E-state index contributed by atoms with van der Waals surface area (Å²) < 4.78 is 38.6. The summed E-state index contributed by atoms with van der Waals surface area (Å²) in [5.41, 5.74) is 1.48. The van der Waals surface area contributed by atoms with Crippen molar-refractivity contribution in [3.8, 4) is 0 Å². The number of halogens is 3. The largest absolute Gasteiger partial charge is 0.416 e. The predicted molar refractivity (Wildman–Crippen MR) is 135 cm³/mol. The minimum atomic E-state index is -4.50. The molecule has 0 fully saturated rings. The molecule has 5 nitrogen and oxygen atoms in total. The van der Waals surface area contributed by atoms with Gasteiger partial charge in [0.15, 0.2) is 5.11 Å². The van der Waals surface area contributed by atoms with E-state index < -0.39 is 17.6 Å². The zero-order valence-electron chi connectivity index (χ0n) is 19.3. The highest BCUT2D eigenvalue weighted by Crippen LogP contribution is 2.30. The fraction of sp³-hybridized carbons (Fsp3) is 0.192. The number of hydrogen-bond donors (Lipinski definition) is 3. The fourth-order valence-corrected chi connectivity index (χ4v) is 3.35. The van der Waals surface area contributed by atoms with Crippen molar-refractivity contribution in [2.24, 2.45) is 0 Å². The predicted octanol–water partition coefficient (Wildman–Crippen LogP) is 6.38. The van der Waals surface area contributed by atoms with Crippen molar-refractivity contribution in [3.63, 3.8) is 0 Å². The minimum absolute atomic E-state index is 0.0258. The molecule has 0 aliphatic carbocycles. The molecule has 9 heteroatoms. The molecule has 0 saturated heterocycles. The Bertz CT molecular complexity index is 1230. The molecule has 3 aromatic rings. The summed E-state index contributed by atoms with van der Waals surface area (Å²) in [6.07, 6.45) is -4.50. The van der Waals surface area contributed by atoms with Crippen LogP contribution in [0, 0.1) is 0 Å². The second-order valence-corrected chi connectivity index (χ2v) is 9.25.